The highest BCUT2D eigenvalue weighted by Gasteiger charge is 2.17. The van der Waals surface area contributed by atoms with Crippen LogP contribution in [0.4, 0.5) is 0 Å². The zero-order chi connectivity index (χ0) is 12.3. The van der Waals surface area contributed by atoms with Gasteiger partial charge < -0.3 is 0 Å². The molecule has 2 aromatic rings. The molecule has 3 heteroatoms. The SMILES string of the molecule is C=C/C=C\c1o[p+](=O)c2ccccc2c1C=C. The molecule has 0 aliphatic heterocycles. The molecule has 84 valence electrons. The predicted molar refractivity (Wildman–Crippen MR) is 73.1 cm³/mol. The maximum Gasteiger partial charge on any atom is 0.597 e. The van der Waals surface area contributed by atoms with Gasteiger partial charge in [-0.1, -0.05) is 43.5 Å². The van der Waals surface area contributed by atoms with E-state index < -0.39 is 7.65 Å². The number of benzene rings is 1. The molecule has 1 aromatic heterocycles. The summed E-state index contributed by atoms with van der Waals surface area (Å²) in [5, 5.41) is 1.63. The van der Waals surface area contributed by atoms with Gasteiger partial charge in [0.1, 0.15) is 0 Å². The van der Waals surface area contributed by atoms with Gasteiger partial charge in [0.05, 0.1) is 0 Å². The smallest absolute Gasteiger partial charge is 0.250 e. The molecule has 2 rings (SSSR count). The van der Waals surface area contributed by atoms with E-state index in [4.69, 9.17) is 4.20 Å². The van der Waals surface area contributed by atoms with Gasteiger partial charge in [-0.3, -0.25) is 0 Å². The zero-order valence-electron chi connectivity index (χ0n) is 9.30. The summed E-state index contributed by atoms with van der Waals surface area (Å²) in [6.07, 6.45) is 6.84. The topological polar surface area (TPSA) is 30.2 Å². The lowest BCUT2D eigenvalue weighted by Gasteiger charge is -1.97. The van der Waals surface area contributed by atoms with Crippen LogP contribution in [0.15, 0.2) is 53.8 Å². The van der Waals surface area contributed by atoms with Crippen LogP contribution >= 0.6 is 7.65 Å². The molecule has 1 aromatic carbocycles. The van der Waals surface area contributed by atoms with Crippen LogP contribution in [-0.2, 0) is 4.57 Å². The number of allylic oxidation sites excluding steroid dienone is 2. The fraction of sp³-hybridized carbons (Fsp3) is 0. The summed E-state index contributed by atoms with van der Waals surface area (Å²) in [7, 11) is -1.84. The third-order valence-corrected chi connectivity index (χ3v) is 3.57. The first-order chi connectivity index (χ1) is 8.27. The molecule has 1 atom stereocenters. The molecule has 0 amide bonds. The van der Waals surface area contributed by atoms with E-state index >= 15 is 0 Å². The van der Waals surface area contributed by atoms with Crippen molar-refractivity contribution in [1.29, 1.82) is 0 Å². The average Bonchev–Trinajstić information content (AvgIpc) is 2.36. The molecule has 0 saturated carbocycles. The van der Waals surface area contributed by atoms with E-state index in [1.165, 1.54) is 0 Å². The molecule has 0 fully saturated rings. The summed E-state index contributed by atoms with van der Waals surface area (Å²) in [4.78, 5) is 0. The van der Waals surface area contributed by atoms with Crippen molar-refractivity contribution in [2.45, 2.75) is 0 Å². The molecule has 0 saturated heterocycles. The molecule has 0 aliphatic carbocycles. The second kappa shape index (κ2) is 4.94. The Kier molecular flexibility index (Phi) is 3.36. The lowest BCUT2D eigenvalue weighted by molar-refractivity contribution is 0.547. The summed E-state index contributed by atoms with van der Waals surface area (Å²) >= 11 is 0. The summed E-state index contributed by atoms with van der Waals surface area (Å²) < 4.78 is 17.3. The van der Waals surface area contributed by atoms with E-state index in [1.54, 1.807) is 24.3 Å². The molecule has 17 heavy (non-hydrogen) atoms. The summed E-state index contributed by atoms with van der Waals surface area (Å²) in [5.74, 6) is 0.569. The predicted octanol–water partition coefficient (Wildman–Crippen LogP) is 5.02. The normalized spacial score (nSPS) is 11.9. The van der Waals surface area contributed by atoms with Crippen LogP contribution in [0.1, 0.15) is 11.3 Å². The molecule has 0 spiro atoms. The van der Waals surface area contributed by atoms with Gasteiger partial charge in [0, 0.05) is 10.9 Å². The monoisotopic (exact) mass is 243 g/mol. The van der Waals surface area contributed by atoms with E-state index in [-0.39, 0.29) is 0 Å². The molecule has 0 radical (unpaired) electrons. The van der Waals surface area contributed by atoms with Crippen molar-refractivity contribution in [3.63, 3.8) is 0 Å². The highest BCUT2D eigenvalue weighted by atomic mass is 31.1. The summed E-state index contributed by atoms with van der Waals surface area (Å²) in [6.45, 7) is 7.37. The fourth-order valence-corrected chi connectivity index (χ4v) is 2.70. The molecule has 1 unspecified atom stereocenters. The van der Waals surface area contributed by atoms with E-state index in [9.17, 15) is 4.57 Å². The maximum atomic E-state index is 11.9. The first-order valence-corrected chi connectivity index (χ1v) is 6.36. The quantitative estimate of drug-likeness (QED) is 0.708. The Morgan fingerprint density at radius 1 is 1.24 bits per heavy atom. The van der Waals surface area contributed by atoms with Crippen LogP contribution < -0.4 is 0 Å². The highest BCUT2D eigenvalue weighted by Crippen LogP contribution is 2.34. The minimum atomic E-state index is -1.84. The van der Waals surface area contributed by atoms with E-state index in [0.717, 1.165) is 10.9 Å². The second-order valence-corrected chi connectivity index (χ2v) is 4.62. The van der Waals surface area contributed by atoms with Crippen molar-refractivity contribution in [3.05, 3.63) is 60.9 Å². The van der Waals surface area contributed by atoms with Gasteiger partial charge in [-0.05, 0) is 22.8 Å². The minimum Gasteiger partial charge on any atom is -0.250 e. The maximum absolute atomic E-state index is 11.9. The van der Waals surface area contributed by atoms with Crippen LogP contribution in [-0.4, -0.2) is 0 Å². The van der Waals surface area contributed by atoms with Crippen molar-refractivity contribution >= 4 is 30.3 Å². The van der Waals surface area contributed by atoms with Gasteiger partial charge in [0.15, 0.2) is 5.76 Å². The van der Waals surface area contributed by atoms with Crippen molar-refractivity contribution in [3.8, 4) is 0 Å². The Morgan fingerprint density at radius 3 is 2.71 bits per heavy atom. The van der Waals surface area contributed by atoms with Gasteiger partial charge >= 0.3 is 7.65 Å². The Bertz CT molecular complexity index is 665. The molecule has 2 nitrogen and oxygen atoms in total. The first-order valence-electron chi connectivity index (χ1n) is 5.18. The summed E-state index contributed by atoms with van der Waals surface area (Å²) in [6, 6.07) is 7.49. The minimum absolute atomic E-state index is 0.569. The molecule has 1 heterocycles. The second-order valence-electron chi connectivity index (χ2n) is 3.44. The van der Waals surface area contributed by atoms with Crippen LogP contribution in [0.25, 0.3) is 22.7 Å². The van der Waals surface area contributed by atoms with Crippen LogP contribution in [0, 0.1) is 0 Å². The van der Waals surface area contributed by atoms with E-state index in [2.05, 4.69) is 13.2 Å². The van der Waals surface area contributed by atoms with Crippen LogP contribution in [0.2, 0.25) is 0 Å². The van der Waals surface area contributed by atoms with Gasteiger partial charge in [-0.15, -0.1) is 0 Å². The number of fused-ring (bicyclic) bond motifs is 1. The number of hydrogen-bond donors (Lipinski definition) is 0. The lowest BCUT2D eigenvalue weighted by Crippen LogP contribution is -1.81. The molecular weight excluding hydrogens is 231 g/mol. The highest BCUT2D eigenvalue weighted by molar-refractivity contribution is 7.36. The number of hydrogen-bond acceptors (Lipinski definition) is 2. The van der Waals surface area contributed by atoms with E-state index in [1.807, 2.05) is 24.3 Å². The Morgan fingerprint density at radius 2 is 2.00 bits per heavy atom. The van der Waals surface area contributed by atoms with Crippen molar-refractivity contribution < 1.29 is 8.76 Å². The van der Waals surface area contributed by atoms with Gasteiger partial charge in [-0.2, -0.15) is 0 Å². The van der Waals surface area contributed by atoms with Crippen LogP contribution in [0.3, 0.4) is 0 Å². The summed E-state index contributed by atoms with van der Waals surface area (Å²) in [5.41, 5.74) is 0.855. The van der Waals surface area contributed by atoms with Gasteiger partial charge in [0.25, 0.3) is 0 Å². The Labute approximate surface area is 100 Å². The largest absolute Gasteiger partial charge is 0.597 e. The first kappa shape index (κ1) is 11.6. The molecule has 0 N–H and O–H groups in total. The van der Waals surface area contributed by atoms with Crippen molar-refractivity contribution in [2.24, 2.45) is 0 Å². The lowest BCUT2D eigenvalue weighted by atomic mass is 10.1. The van der Waals surface area contributed by atoms with Gasteiger partial charge in [-0.25, -0.2) is 4.20 Å². The van der Waals surface area contributed by atoms with E-state index in [0.29, 0.717) is 10.9 Å². The fourth-order valence-electron chi connectivity index (χ4n) is 1.67. The number of rotatable bonds is 3. The Balaban J connectivity index is 2.87. The zero-order valence-corrected chi connectivity index (χ0v) is 10.2. The molecule has 0 aliphatic rings. The average molecular weight is 243 g/mol. The third kappa shape index (κ3) is 2.13. The third-order valence-electron chi connectivity index (χ3n) is 2.43. The van der Waals surface area contributed by atoms with Crippen molar-refractivity contribution in [2.75, 3.05) is 0 Å². The standard InChI is InChI=1S/C14H12O2P/c1-3-5-9-13-11(4-2)12-8-6-7-10-14(12)17(15)16-13/h3-10H,1-2H2/q+1/b9-5-. The Hall–Kier alpha value is -1.92. The molecular formula is C14H12O2P+. The van der Waals surface area contributed by atoms with Crippen LogP contribution in [0.5, 0.6) is 0 Å². The van der Waals surface area contributed by atoms with Gasteiger partial charge in [0.2, 0.25) is 5.12 Å². The molecule has 0 bridgehead atoms. The van der Waals surface area contributed by atoms with Crippen molar-refractivity contribution in [1.82, 2.24) is 0 Å².